The van der Waals surface area contributed by atoms with Crippen LogP contribution in [0.5, 0.6) is 5.88 Å². The van der Waals surface area contributed by atoms with Gasteiger partial charge in [-0.25, -0.2) is 9.97 Å². The van der Waals surface area contributed by atoms with E-state index >= 15 is 0 Å². The molecule has 11 heteroatoms. The van der Waals surface area contributed by atoms with Crippen LogP contribution in [0.2, 0.25) is 10.0 Å². The standard InChI is InChI=1S/C35H37Cl2N5O4/c1-20(43)16-38-18-24-11-12-30(41-34(24)46-4)28-10-6-9-27(33(28)37)26-8-5-7-25(32(26)36)23-13-14-42-31(15-23)40-22(3)29(35(42)45)19-39-17-21(2)44/h5-15,20-21,38-39,43-44H,16-19H2,1-4H3/t20-,21+/m0/s1. The van der Waals surface area contributed by atoms with Crippen molar-refractivity contribution in [3.8, 4) is 39.4 Å². The third-order valence-electron chi connectivity index (χ3n) is 7.63. The van der Waals surface area contributed by atoms with E-state index in [1.54, 1.807) is 27.2 Å². The molecular weight excluding hydrogens is 625 g/mol. The topological polar surface area (TPSA) is 121 Å². The molecule has 0 radical (unpaired) electrons. The minimum atomic E-state index is -0.515. The third kappa shape index (κ3) is 7.25. The number of pyridine rings is 2. The second-order valence-corrected chi connectivity index (χ2v) is 12.0. The molecule has 240 valence electrons. The summed E-state index contributed by atoms with van der Waals surface area (Å²) in [5.41, 5.74) is 6.82. The molecule has 4 N–H and O–H groups in total. The lowest BCUT2D eigenvalue weighted by Crippen LogP contribution is -2.30. The van der Waals surface area contributed by atoms with Crippen LogP contribution >= 0.6 is 23.2 Å². The number of rotatable bonds is 12. The summed E-state index contributed by atoms with van der Waals surface area (Å²) in [6.45, 7) is 6.86. The number of aliphatic hydroxyl groups excluding tert-OH is 2. The molecule has 0 aliphatic carbocycles. The Balaban J connectivity index is 1.48. The lowest BCUT2D eigenvalue weighted by atomic mass is 9.97. The van der Waals surface area contributed by atoms with Gasteiger partial charge >= 0.3 is 0 Å². The van der Waals surface area contributed by atoms with Gasteiger partial charge in [-0.05, 0) is 44.5 Å². The Morgan fingerprint density at radius 3 is 2.11 bits per heavy atom. The molecule has 0 bridgehead atoms. The van der Waals surface area contributed by atoms with Crippen molar-refractivity contribution in [1.29, 1.82) is 0 Å². The number of nitrogens with one attached hydrogen (secondary N) is 2. The minimum Gasteiger partial charge on any atom is -0.481 e. The zero-order chi connectivity index (χ0) is 33.0. The van der Waals surface area contributed by atoms with Gasteiger partial charge in [0.1, 0.15) is 5.65 Å². The molecule has 0 spiro atoms. The lowest BCUT2D eigenvalue weighted by molar-refractivity contribution is 0.190. The van der Waals surface area contributed by atoms with E-state index in [1.165, 1.54) is 4.40 Å². The highest BCUT2D eigenvalue weighted by atomic mass is 35.5. The van der Waals surface area contributed by atoms with Crippen LogP contribution in [0.4, 0.5) is 0 Å². The van der Waals surface area contributed by atoms with Crippen LogP contribution in [0.1, 0.15) is 30.7 Å². The highest BCUT2D eigenvalue weighted by molar-refractivity contribution is 6.39. The van der Waals surface area contributed by atoms with Crippen molar-refractivity contribution in [2.45, 2.75) is 46.1 Å². The summed E-state index contributed by atoms with van der Waals surface area (Å²) in [5, 5.41) is 26.4. The van der Waals surface area contributed by atoms with Crippen LogP contribution in [-0.2, 0) is 13.1 Å². The van der Waals surface area contributed by atoms with Gasteiger partial charge in [0.25, 0.3) is 5.56 Å². The second kappa shape index (κ2) is 14.7. The highest BCUT2D eigenvalue weighted by Gasteiger charge is 2.18. The maximum absolute atomic E-state index is 13.2. The highest BCUT2D eigenvalue weighted by Crippen LogP contribution is 2.42. The number of benzene rings is 2. The number of ether oxygens (including phenoxy) is 1. The number of hydrogen-bond donors (Lipinski definition) is 4. The summed E-state index contributed by atoms with van der Waals surface area (Å²) in [6, 6.07) is 19.0. The zero-order valence-electron chi connectivity index (χ0n) is 26.1. The molecule has 0 saturated heterocycles. The van der Waals surface area contributed by atoms with E-state index in [1.807, 2.05) is 67.6 Å². The van der Waals surface area contributed by atoms with E-state index in [-0.39, 0.29) is 5.56 Å². The van der Waals surface area contributed by atoms with Crippen molar-refractivity contribution in [2.75, 3.05) is 20.2 Å². The molecule has 46 heavy (non-hydrogen) atoms. The number of hydrogen-bond acceptors (Lipinski definition) is 8. The van der Waals surface area contributed by atoms with Gasteiger partial charge in [0.05, 0.1) is 40.6 Å². The normalized spacial score (nSPS) is 12.8. The average Bonchev–Trinajstić information content (AvgIpc) is 3.02. The molecule has 0 unspecified atom stereocenters. The van der Waals surface area contributed by atoms with Crippen molar-refractivity contribution in [3.05, 3.63) is 104 Å². The summed E-state index contributed by atoms with van der Waals surface area (Å²) in [5.74, 6) is 0.472. The van der Waals surface area contributed by atoms with Gasteiger partial charge in [-0.3, -0.25) is 9.20 Å². The first-order valence-electron chi connectivity index (χ1n) is 15.0. The van der Waals surface area contributed by atoms with Gasteiger partial charge < -0.3 is 25.6 Å². The predicted molar refractivity (Wildman–Crippen MR) is 184 cm³/mol. The van der Waals surface area contributed by atoms with Gasteiger partial charge in [0.2, 0.25) is 5.88 Å². The summed E-state index contributed by atoms with van der Waals surface area (Å²) in [4.78, 5) is 22.7. The van der Waals surface area contributed by atoms with Gasteiger partial charge in [0, 0.05) is 65.9 Å². The van der Waals surface area contributed by atoms with Crippen LogP contribution in [0, 0.1) is 6.92 Å². The maximum Gasteiger partial charge on any atom is 0.262 e. The van der Waals surface area contributed by atoms with E-state index in [2.05, 4.69) is 10.6 Å². The molecule has 0 aliphatic rings. The number of aromatic nitrogens is 3. The molecule has 0 fully saturated rings. The zero-order valence-corrected chi connectivity index (χ0v) is 27.7. The number of aliphatic hydroxyl groups is 2. The van der Waals surface area contributed by atoms with Gasteiger partial charge in [0.15, 0.2) is 0 Å². The Morgan fingerprint density at radius 2 is 1.46 bits per heavy atom. The first kappa shape index (κ1) is 33.5. The number of aryl methyl sites for hydroxylation is 1. The molecule has 5 aromatic rings. The summed E-state index contributed by atoms with van der Waals surface area (Å²) < 4.78 is 7.08. The molecule has 0 aliphatic heterocycles. The Bertz CT molecular complexity index is 1930. The molecule has 5 rings (SSSR count). The van der Waals surface area contributed by atoms with E-state index in [9.17, 15) is 15.0 Å². The molecule has 3 aromatic heterocycles. The van der Waals surface area contributed by atoms with Crippen molar-refractivity contribution in [2.24, 2.45) is 0 Å². The molecule has 0 amide bonds. The van der Waals surface area contributed by atoms with E-state index < -0.39 is 12.2 Å². The first-order chi connectivity index (χ1) is 22.1. The van der Waals surface area contributed by atoms with Crippen LogP contribution < -0.4 is 20.9 Å². The second-order valence-electron chi connectivity index (χ2n) is 11.3. The lowest BCUT2D eigenvalue weighted by Gasteiger charge is -2.15. The fraction of sp³-hybridized carbons (Fsp3) is 0.286. The van der Waals surface area contributed by atoms with Crippen LogP contribution in [0.15, 0.2) is 71.7 Å². The van der Waals surface area contributed by atoms with Crippen LogP contribution in [-0.4, -0.2) is 57.0 Å². The number of fused-ring (bicyclic) bond motifs is 1. The van der Waals surface area contributed by atoms with E-state index in [0.717, 1.165) is 33.4 Å². The van der Waals surface area contributed by atoms with Crippen LogP contribution in [0.25, 0.3) is 39.2 Å². The monoisotopic (exact) mass is 661 g/mol. The van der Waals surface area contributed by atoms with Gasteiger partial charge in [-0.1, -0.05) is 65.7 Å². The maximum atomic E-state index is 13.2. The molecule has 2 aromatic carbocycles. The molecular formula is C35H37Cl2N5O4. The van der Waals surface area contributed by atoms with Crippen molar-refractivity contribution < 1.29 is 14.9 Å². The SMILES string of the molecule is COc1nc(-c2cccc(-c3cccc(-c4ccn5c(=O)c(CNC[C@@H](C)O)c(C)nc5c4)c3Cl)c2Cl)ccc1CNC[C@H](C)O. The average molecular weight is 663 g/mol. The Morgan fingerprint density at radius 1 is 0.848 bits per heavy atom. The summed E-state index contributed by atoms with van der Waals surface area (Å²) in [7, 11) is 1.57. The molecule has 2 atom stereocenters. The largest absolute Gasteiger partial charge is 0.481 e. The van der Waals surface area contributed by atoms with Gasteiger partial charge in [-0.15, -0.1) is 0 Å². The van der Waals surface area contributed by atoms with Gasteiger partial charge in [-0.2, -0.15) is 0 Å². The number of halogens is 2. The Labute approximate surface area is 277 Å². The molecule has 9 nitrogen and oxygen atoms in total. The molecule has 0 saturated carbocycles. The molecule has 3 heterocycles. The Hall–Kier alpha value is -3.83. The summed E-state index contributed by atoms with van der Waals surface area (Å²) >= 11 is 14.1. The first-order valence-corrected chi connectivity index (χ1v) is 15.8. The predicted octanol–water partition coefficient (Wildman–Crippen LogP) is 5.66. The number of nitrogens with zero attached hydrogens (tertiary/aromatic N) is 3. The van der Waals surface area contributed by atoms with Crippen molar-refractivity contribution in [3.63, 3.8) is 0 Å². The Kier molecular flexibility index (Phi) is 10.7. The summed E-state index contributed by atoms with van der Waals surface area (Å²) in [6.07, 6.45) is 0.732. The van der Waals surface area contributed by atoms with E-state index in [0.29, 0.717) is 64.7 Å². The quantitative estimate of drug-likeness (QED) is 0.135. The van der Waals surface area contributed by atoms with Crippen molar-refractivity contribution in [1.82, 2.24) is 25.0 Å². The van der Waals surface area contributed by atoms with Crippen molar-refractivity contribution >= 4 is 28.8 Å². The fourth-order valence-electron chi connectivity index (χ4n) is 5.31. The van der Waals surface area contributed by atoms with E-state index in [4.69, 9.17) is 37.9 Å². The smallest absolute Gasteiger partial charge is 0.262 e. The fourth-order valence-corrected chi connectivity index (χ4v) is 5.97. The van der Waals surface area contributed by atoms with Crippen LogP contribution in [0.3, 0.4) is 0 Å². The third-order valence-corrected chi connectivity index (χ3v) is 8.45. The minimum absolute atomic E-state index is 0.162. The number of methoxy groups -OCH3 is 1.